The van der Waals surface area contributed by atoms with E-state index in [9.17, 15) is 19.8 Å². The summed E-state index contributed by atoms with van der Waals surface area (Å²) in [5.41, 5.74) is 0. The Kier molecular flexibility index (Phi) is 35.3. The van der Waals surface area contributed by atoms with Crippen molar-refractivity contribution in [2.75, 3.05) is 6.61 Å². The first kappa shape index (κ1) is 46.3. The Bertz CT molecular complexity index is 763. The Labute approximate surface area is 296 Å². The van der Waals surface area contributed by atoms with E-state index in [1.54, 1.807) is 6.92 Å². The molecule has 0 saturated heterocycles. The predicted octanol–water partition coefficient (Wildman–Crippen LogP) is 11.6. The Morgan fingerprint density at radius 3 is 1.23 bits per heavy atom. The van der Waals surface area contributed by atoms with Gasteiger partial charge in [0.1, 0.15) is 12.2 Å². The molecule has 0 aliphatic heterocycles. The lowest BCUT2D eigenvalue weighted by atomic mass is 10.1. The van der Waals surface area contributed by atoms with Crippen molar-refractivity contribution in [2.24, 2.45) is 0 Å². The molecule has 2 N–H and O–H groups in total. The number of hydrogen-bond acceptors (Lipinski definition) is 6. The molecule has 0 fully saturated rings. The zero-order valence-electron chi connectivity index (χ0n) is 31.8. The lowest BCUT2D eigenvalue weighted by Gasteiger charge is -2.26. The van der Waals surface area contributed by atoms with E-state index in [2.05, 4.69) is 38.2 Å². The molecule has 48 heavy (non-hydrogen) atoms. The highest BCUT2D eigenvalue weighted by molar-refractivity contribution is 5.70. The van der Waals surface area contributed by atoms with E-state index >= 15 is 0 Å². The molecule has 0 amide bonds. The van der Waals surface area contributed by atoms with Gasteiger partial charge in [-0.15, -0.1) is 0 Å². The van der Waals surface area contributed by atoms with Gasteiger partial charge in [0.25, 0.3) is 0 Å². The van der Waals surface area contributed by atoms with Crippen LogP contribution in [0.25, 0.3) is 0 Å². The summed E-state index contributed by atoms with van der Waals surface area (Å²) in [6.07, 6.45) is 38.6. The lowest BCUT2D eigenvalue weighted by Crippen LogP contribution is -2.36. The third-order valence-corrected chi connectivity index (χ3v) is 9.12. The summed E-state index contributed by atoms with van der Waals surface area (Å²) in [5.74, 6) is -0.653. The topological polar surface area (TPSA) is 93.1 Å². The van der Waals surface area contributed by atoms with Crippen molar-refractivity contribution in [3.8, 4) is 0 Å². The minimum Gasteiger partial charge on any atom is -0.459 e. The molecule has 0 aliphatic carbocycles. The van der Waals surface area contributed by atoms with Crippen LogP contribution < -0.4 is 0 Å². The highest BCUT2D eigenvalue weighted by Crippen LogP contribution is 2.17. The summed E-state index contributed by atoms with van der Waals surface area (Å²) in [7, 11) is 0. The molecule has 3 unspecified atom stereocenters. The fourth-order valence-electron chi connectivity index (χ4n) is 5.93. The number of esters is 2. The number of unbranched alkanes of at least 4 members (excludes halogenated alkanes) is 22. The fraction of sp³-hybridized carbons (Fsp3) is 0.857. The predicted molar refractivity (Wildman–Crippen MR) is 202 cm³/mol. The Hall–Kier alpha value is -1.66. The monoisotopic (exact) mass is 679 g/mol. The minimum absolute atomic E-state index is 0.0382. The highest BCUT2D eigenvalue weighted by Gasteiger charge is 2.27. The summed E-state index contributed by atoms with van der Waals surface area (Å²) >= 11 is 0. The largest absolute Gasteiger partial charge is 0.459 e. The normalized spacial score (nSPS) is 13.7. The first-order chi connectivity index (χ1) is 23.4. The van der Waals surface area contributed by atoms with Crippen molar-refractivity contribution in [1.82, 2.24) is 0 Å². The minimum atomic E-state index is -1.03. The van der Waals surface area contributed by atoms with Gasteiger partial charge in [-0.1, -0.05) is 141 Å². The van der Waals surface area contributed by atoms with Crippen LogP contribution in [0.5, 0.6) is 0 Å². The summed E-state index contributed by atoms with van der Waals surface area (Å²) in [5, 5.41) is 19.3. The average molecular weight is 679 g/mol. The van der Waals surface area contributed by atoms with Crippen LogP contribution in [-0.4, -0.2) is 47.1 Å². The molecule has 0 saturated carbocycles. The molecule has 0 aromatic heterocycles. The second-order valence-electron chi connectivity index (χ2n) is 14.0. The van der Waals surface area contributed by atoms with Gasteiger partial charge in [-0.2, -0.15) is 0 Å². The molecule has 0 aromatic rings. The number of hydrogen-bond donors (Lipinski definition) is 2. The van der Waals surface area contributed by atoms with Crippen LogP contribution >= 0.6 is 0 Å². The first-order valence-electron chi connectivity index (χ1n) is 20.4. The Morgan fingerprint density at radius 2 is 0.854 bits per heavy atom. The zero-order chi connectivity index (χ0) is 35.3. The fourth-order valence-corrected chi connectivity index (χ4v) is 5.93. The molecular weight excluding hydrogens is 600 g/mol. The average Bonchev–Trinajstić information content (AvgIpc) is 3.07. The Balaban J connectivity index is 4.01. The number of allylic oxidation sites excluding steroid dienone is 4. The van der Waals surface area contributed by atoms with Crippen LogP contribution in [0.4, 0.5) is 0 Å². The van der Waals surface area contributed by atoms with E-state index < -0.39 is 24.9 Å². The van der Waals surface area contributed by atoms with Crippen LogP contribution in [0.1, 0.15) is 207 Å². The van der Waals surface area contributed by atoms with E-state index in [1.807, 2.05) is 0 Å². The van der Waals surface area contributed by atoms with Gasteiger partial charge < -0.3 is 19.7 Å². The number of aliphatic hydroxyl groups excluding tert-OH is 2. The van der Waals surface area contributed by atoms with Crippen molar-refractivity contribution < 1.29 is 29.3 Å². The van der Waals surface area contributed by atoms with Crippen LogP contribution in [0, 0.1) is 0 Å². The molecule has 0 bridgehead atoms. The molecule has 282 valence electrons. The standard InChI is InChI=1S/C42H78O6/c1-4-6-8-10-12-14-16-18-20-22-24-26-28-30-32-34-41(45)47-38(3)40(36-39(44)37-43)48-42(46)35-33-31-29-27-25-23-21-19-17-15-13-11-9-7-5-2/h18-21,38-40,43-44H,4-17,22-37H2,1-3H3/b20-18-,21-19-. The zero-order valence-corrected chi connectivity index (χ0v) is 31.8. The maximum atomic E-state index is 12.6. The highest BCUT2D eigenvalue weighted by atomic mass is 16.6. The van der Waals surface area contributed by atoms with E-state index in [4.69, 9.17) is 9.47 Å². The van der Waals surface area contributed by atoms with Crippen LogP contribution in [0.3, 0.4) is 0 Å². The molecule has 6 nitrogen and oxygen atoms in total. The summed E-state index contributed by atoms with van der Waals surface area (Å²) in [4.78, 5) is 25.0. The molecular formula is C42H78O6. The summed E-state index contributed by atoms with van der Waals surface area (Å²) < 4.78 is 11.2. The van der Waals surface area contributed by atoms with Gasteiger partial charge in [-0.05, 0) is 71.1 Å². The van der Waals surface area contributed by atoms with Crippen molar-refractivity contribution in [3.05, 3.63) is 24.3 Å². The third-order valence-electron chi connectivity index (χ3n) is 9.12. The second kappa shape index (κ2) is 36.6. The molecule has 0 aromatic carbocycles. The van der Waals surface area contributed by atoms with Crippen molar-refractivity contribution in [3.63, 3.8) is 0 Å². The van der Waals surface area contributed by atoms with Gasteiger partial charge in [0.05, 0.1) is 12.7 Å². The molecule has 3 atom stereocenters. The maximum absolute atomic E-state index is 12.6. The van der Waals surface area contributed by atoms with Gasteiger partial charge in [-0.3, -0.25) is 9.59 Å². The van der Waals surface area contributed by atoms with E-state index in [1.165, 1.54) is 109 Å². The van der Waals surface area contributed by atoms with Gasteiger partial charge in [0.15, 0.2) is 0 Å². The molecule has 0 spiro atoms. The van der Waals surface area contributed by atoms with E-state index in [0.29, 0.717) is 12.8 Å². The van der Waals surface area contributed by atoms with Gasteiger partial charge in [0, 0.05) is 19.3 Å². The molecule has 0 aliphatic rings. The SMILES string of the molecule is CCCCCCCC/C=C\CCCCCCCC(=O)OC(C)C(CC(O)CO)OC(=O)CCCCCCC/C=C\CCCCCCCC. The number of rotatable bonds is 36. The molecule has 0 radical (unpaired) electrons. The number of aliphatic hydroxyl groups is 2. The van der Waals surface area contributed by atoms with Crippen LogP contribution in [-0.2, 0) is 19.1 Å². The molecule has 0 rings (SSSR count). The van der Waals surface area contributed by atoms with Crippen molar-refractivity contribution in [2.45, 2.75) is 225 Å². The van der Waals surface area contributed by atoms with E-state index in [-0.39, 0.29) is 18.4 Å². The number of carbonyl (C=O) groups is 2. The van der Waals surface area contributed by atoms with Gasteiger partial charge >= 0.3 is 11.9 Å². The Morgan fingerprint density at radius 1 is 0.521 bits per heavy atom. The van der Waals surface area contributed by atoms with Crippen LogP contribution in [0.2, 0.25) is 0 Å². The van der Waals surface area contributed by atoms with Crippen molar-refractivity contribution >= 4 is 11.9 Å². The first-order valence-corrected chi connectivity index (χ1v) is 20.4. The number of ether oxygens (including phenoxy) is 2. The smallest absolute Gasteiger partial charge is 0.306 e. The summed E-state index contributed by atoms with van der Waals surface area (Å²) in [6.45, 7) is 5.77. The van der Waals surface area contributed by atoms with Crippen molar-refractivity contribution in [1.29, 1.82) is 0 Å². The number of carbonyl (C=O) groups excluding carboxylic acids is 2. The van der Waals surface area contributed by atoms with Gasteiger partial charge in [0.2, 0.25) is 0 Å². The van der Waals surface area contributed by atoms with Crippen LogP contribution in [0.15, 0.2) is 24.3 Å². The summed E-state index contributed by atoms with van der Waals surface area (Å²) in [6, 6.07) is 0. The lowest BCUT2D eigenvalue weighted by molar-refractivity contribution is -0.169. The maximum Gasteiger partial charge on any atom is 0.306 e. The molecule has 0 heterocycles. The quantitative estimate of drug-likeness (QED) is 0.0389. The van der Waals surface area contributed by atoms with Gasteiger partial charge in [-0.25, -0.2) is 0 Å². The second-order valence-corrected chi connectivity index (χ2v) is 14.0. The molecule has 6 heteroatoms. The van der Waals surface area contributed by atoms with E-state index in [0.717, 1.165) is 57.8 Å². The third kappa shape index (κ3) is 32.9.